The Hall–Kier alpha value is -2.55. The monoisotopic (exact) mass is 384 g/mol. The Morgan fingerprint density at radius 3 is 2.62 bits per heavy atom. The van der Waals surface area contributed by atoms with Gasteiger partial charge in [0, 0.05) is 6.42 Å². The Morgan fingerprint density at radius 2 is 1.92 bits per heavy atom. The highest BCUT2D eigenvalue weighted by atomic mass is 32.2. The van der Waals surface area contributed by atoms with Crippen LogP contribution in [0, 0.1) is 0 Å². The van der Waals surface area contributed by atoms with Crippen LogP contribution in [-0.2, 0) is 16.3 Å². The van der Waals surface area contributed by atoms with Crippen molar-refractivity contribution in [1.29, 1.82) is 0 Å². The molecule has 5 nitrogen and oxygen atoms in total. The molecule has 0 aliphatic rings. The molecule has 0 atom stereocenters. The summed E-state index contributed by atoms with van der Waals surface area (Å²) < 4.78 is 64.8. The summed E-state index contributed by atoms with van der Waals surface area (Å²) in [7, 11) is -3.33. The first-order chi connectivity index (χ1) is 12.2. The number of benzene rings is 2. The highest BCUT2D eigenvalue weighted by Crippen LogP contribution is 2.25. The Morgan fingerprint density at radius 1 is 1.15 bits per heavy atom. The summed E-state index contributed by atoms with van der Waals surface area (Å²) in [6, 6.07) is 10.2. The topological polar surface area (TPSA) is 72.1 Å². The fourth-order valence-corrected chi connectivity index (χ4v) is 3.44. The van der Waals surface area contributed by atoms with Gasteiger partial charge in [-0.1, -0.05) is 19.1 Å². The van der Waals surface area contributed by atoms with Crippen LogP contribution in [0.1, 0.15) is 18.3 Å². The molecule has 9 heteroatoms. The van der Waals surface area contributed by atoms with Crippen LogP contribution in [0.2, 0.25) is 0 Å². The summed E-state index contributed by atoms with van der Waals surface area (Å²) in [6.45, 7) is 1.56. The number of nitrogens with zero attached hydrogens (tertiary/aromatic N) is 1. The lowest BCUT2D eigenvalue weighted by molar-refractivity contribution is -0.274. The first kappa shape index (κ1) is 18.2. The summed E-state index contributed by atoms with van der Waals surface area (Å²) in [5.41, 5.74) is 1.71. The number of sulfone groups is 1. The standard InChI is InChI=1S/C17H15F3N2O3S/c1-2-26(23,24)13-6-7-14-15(10-13)22-16(21-14)9-11-4-3-5-12(8-11)25-17(18,19)20/h3-8,10H,2,9H2,1H3,(H,21,22). The number of nitrogens with one attached hydrogen (secondary N) is 1. The third-order valence-electron chi connectivity index (χ3n) is 3.75. The summed E-state index contributed by atoms with van der Waals surface area (Å²) in [5, 5.41) is 0. The third-order valence-corrected chi connectivity index (χ3v) is 5.48. The van der Waals surface area contributed by atoms with E-state index in [0.717, 1.165) is 0 Å². The van der Waals surface area contributed by atoms with Crippen LogP contribution in [0.4, 0.5) is 13.2 Å². The zero-order valence-electron chi connectivity index (χ0n) is 13.7. The van der Waals surface area contributed by atoms with E-state index in [9.17, 15) is 21.6 Å². The molecule has 1 aromatic heterocycles. The van der Waals surface area contributed by atoms with Gasteiger partial charge in [0.25, 0.3) is 0 Å². The van der Waals surface area contributed by atoms with Gasteiger partial charge in [0.2, 0.25) is 0 Å². The largest absolute Gasteiger partial charge is 0.573 e. The van der Waals surface area contributed by atoms with Gasteiger partial charge >= 0.3 is 6.36 Å². The molecule has 3 rings (SSSR count). The van der Waals surface area contributed by atoms with Gasteiger partial charge in [-0.25, -0.2) is 13.4 Å². The van der Waals surface area contributed by atoms with E-state index in [4.69, 9.17) is 0 Å². The van der Waals surface area contributed by atoms with Gasteiger partial charge in [-0.15, -0.1) is 13.2 Å². The molecule has 0 unspecified atom stereocenters. The average Bonchev–Trinajstić information content (AvgIpc) is 2.94. The first-order valence-electron chi connectivity index (χ1n) is 7.72. The van der Waals surface area contributed by atoms with Crippen molar-refractivity contribution in [3.8, 4) is 5.75 Å². The number of alkyl halides is 3. The summed E-state index contributed by atoms with van der Waals surface area (Å²) in [6.07, 6.45) is -4.50. The smallest absolute Gasteiger partial charge is 0.406 e. The van der Waals surface area contributed by atoms with Gasteiger partial charge in [-0.2, -0.15) is 0 Å². The highest BCUT2D eigenvalue weighted by molar-refractivity contribution is 7.91. The quantitative estimate of drug-likeness (QED) is 0.725. The van der Waals surface area contributed by atoms with Crippen LogP contribution >= 0.6 is 0 Å². The predicted octanol–water partition coefficient (Wildman–Crippen LogP) is 3.85. The van der Waals surface area contributed by atoms with Crippen molar-refractivity contribution in [2.45, 2.75) is 24.6 Å². The van der Waals surface area contributed by atoms with Crippen LogP contribution in [0.15, 0.2) is 47.4 Å². The number of fused-ring (bicyclic) bond motifs is 1. The van der Waals surface area contributed by atoms with E-state index in [-0.39, 0.29) is 22.8 Å². The van der Waals surface area contributed by atoms with E-state index in [2.05, 4.69) is 14.7 Å². The number of aromatic amines is 1. The lowest BCUT2D eigenvalue weighted by atomic mass is 10.1. The maximum Gasteiger partial charge on any atom is 0.573 e. The van der Waals surface area contributed by atoms with Crippen molar-refractivity contribution < 1.29 is 26.3 Å². The van der Waals surface area contributed by atoms with E-state index in [1.54, 1.807) is 19.1 Å². The second kappa shape index (κ2) is 6.64. The number of ether oxygens (including phenoxy) is 1. The molecular formula is C17H15F3N2O3S. The Kier molecular flexibility index (Phi) is 4.66. The zero-order valence-corrected chi connectivity index (χ0v) is 14.5. The Bertz CT molecular complexity index is 1040. The van der Waals surface area contributed by atoms with E-state index in [0.29, 0.717) is 22.4 Å². The van der Waals surface area contributed by atoms with Gasteiger partial charge in [-0.3, -0.25) is 0 Å². The van der Waals surface area contributed by atoms with Crippen molar-refractivity contribution in [3.05, 3.63) is 53.9 Å². The number of imidazole rings is 1. The number of H-pyrrole nitrogens is 1. The maximum absolute atomic E-state index is 12.3. The number of halogens is 3. The lowest BCUT2D eigenvalue weighted by Crippen LogP contribution is -2.17. The summed E-state index contributed by atoms with van der Waals surface area (Å²) in [5.74, 6) is 0.198. The van der Waals surface area contributed by atoms with Crippen molar-refractivity contribution in [1.82, 2.24) is 9.97 Å². The molecule has 0 spiro atoms. The van der Waals surface area contributed by atoms with Gasteiger partial charge in [0.15, 0.2) is 9.84 Å². The van der Waals surface area contributed by atoms with Gasteiger partial charge in [0.1, 0.15) is 11.6 Å². The molecule has 0 aliphatic heterocycles. The van der Waals surface area contributed by atoms with Gasteiger partial charge in [-0.05, 0) is 35.9 Å². The van der Waals surface area contributed by atoms with Crippen LogP contribution in [-0.4, -0.2) is 30.5 Å². The predicted molar refractivity (Wildman–Crippen MR) is 89.8 cm³/mol. The van der Waals surface area contributed by atoms with Gasteiger partial charge < -0.3 is 9.72 Å². The molecule has 0 saturated carbocycles. The summed E-state index contributed by atoms with van der Waals surface area (Å²) in [4.78, 5) is 7.56. The van der Waals surface area contributed by atoms with Crippen LogP contribution in [0.25, 0.3) is 11.0 Å². The molecule has 138 valence electrons. The minimum Gasteiger partial charge on any atom is -0.406 e. The van der Waals surface area contributed by atoms with Crippen molar-refractivity contribution in [2.75, 3.05) is 5.75 Å². The minimum atomic E-state index is -4.75. The van der Waals surface area contributed by atoms with Crippen LogP contribution < -0.4 is 4.74 Å². The van der Waals surface area contributed by atoms with Crippen molar-refractivity contribution in [3.63, 3.8) is 0 Å². The lowest BCUT2D eigenvalue weighted by Gasteiger charge is -2.09. The summed E-state index contributed by atoms with van der Waals surface area (Å²) >= 11 is 0. The molecule has 0 aliphatic carbocycles. The van der Waals surface area contributed by atoms with E-state index in [1.807, 2.05) is 0 Å². The number of hydrogen-bond acceptors (Lipinski definition) is 4. The van der Waals surface area contributed by atoms with Crippen molar-refractivity contribution in [2.24, 2.45) is 0 Å². The average molecular weight is 384 g/mol. The normalized spacial score (nSPS) is 12.5. The molecule has 0 bridgehead atoms. The number of aromatic nitrogens is 2. The third kappa shape index (κ3) is 4.16. The van der Waals surface area contributed by atoms with Gasteiger partial charge in [0.05, 0.1) is 21.7 Å². The van der Waals surface area contributed by atoms with Crippen molar-refractivity contribution >= 4 is 20.9 Å². The Balaban J connectivity index is 1.87. The number of hydrogen-bond donors (Lipinski definition) is 1. The SMILES string of the molecule is CCS(=O)(=O)c1ccc2nc(Cc3cccc(OC(F)(F)F)c3)[nH]c2c1. The molecule has 0 fully saturated rings. The molecule has 0 amide bonds. The number of rotatable bonds is 5. The van der Waals surface area contributed by atoms with Crippen LogP contribution in [0.3, 0.4) is 0 Å². The Labute approximate surface area is 147 Å². The van der Waals surface area contributed by atoms with Crippen LogP contribution in [0.5, 0.6) is 5.75 Å². The van der Waals surface area contributed by atoms with E-state index >= 15 is 0 Å². The molecular weight excluding hydrogens is 369 g/mol. The molecule has 1 N–H and O–H groups in total. The molecule has 3 aromatic rings. The highest BCUT2D eigenvalue weighted by Gasteiger charge is 2.31. The second-order valence-corrected chi connectivity index (χ2v) is 7.92. The fourth-order valence-electron chi connectivity index (χ4n) is 2.53. The molecule has 26 heavy (non-hydrogen) atoms. The molecule has 0 saturated heterocycles. The molecule has 1 heterocycles. The molecule has 0 radical (unpaired) electrons. The maximum atomic E-state index is 12.3. The minimum absolute atomic E-state index is 0.00843. The fraction of sp³-hybridized carbons (Fsp3) is 0.235. The second-order valence-electron chi connectivity index (χ2n) is 5.64. The molecule has 2 aromatic carbocycles. The first-order valence-corrected chi connectivity index (χ1v) is 9.37. The van der Waals surface area contributed by atoms with E-state index in [1.165, 1.54) is 30.3 Å². The zero-order chi connectivity index (χ0) is 18.9. The van der Waals surface area contributed by atoms with E-state index < -0.39 is 16.2 Å².